The molecule has 3 aromatic rings. The summed E-state index contributed by atoms with van der Waals surface area (Å²) in [7, 11) is -3.50. The molecule has 172 valence electrons. The van der Waals surface area contributed by atoms with Crippen LogP contribution in [-0.2, 0) is 16.6 Å². The van der Waals surface area contributed by atoms with E-state index >= 15 is 0 Å². The number of nitrogens with one attached hydrogen (secondary N) is 1. The van der Waals surface area contributed by atoms with Crippen LogP contribution in [0.15, 0.2) is 79.4 Å². The molecule has 0 spiro atoms. The van der Waals surface area contributed by atoms with Crippen molar-refractivity contribution in [3.05, 3.63) is 102 Å². The van der Waals surface area contributed by atoms with Crippen LogP contribution in [0.1, 0.15) is 27.0 Å². The lowest BCUT2D eigenvalue weighted by molar-refractivity contribution is 0.102. The van der Waals surface area contributed by atoms with E-state index in [1.54, 1.807) is 54.6 Å². The summed E-state index contributed by atoms with van der Waals surface area (Å²) in [4.78, 5) is 12.7. The Bertz CT molecular complexity index is 1250. The van der Waals surface area contributed by atoms with Gasteiger partial charge in [-0.1, -0.05) is 43.0 Å². The van der Waals surface area contributed by atoms with Gasteiger partial charge in [-0.2, -0.15) is 0 Å². The monoisotopic (exact) mass is 464 g/mol. The van der Waals surface area contributed by atoms with Gasteiger partial charge in [0.1, 0.15) is 12.4 Å². The Kier molecular flexibility index (Phi) is 7.55. The molecule has 33 heavy (non-hydrogen) atoms. The Morgan fingerprint density at radius 3 is 2.45 bits per heavy atom. The van der Waals surface area contributed by atoms with Gasteiger partial charge in [-0.3, -0.25) is 9.10 Å². The maximum atomic E-state index is 12.7. The summed E-state index contributed by atoms with van der Waals surface area (Å²) < 4.78 is 31.9. The largest absolute Gasteiger partial charge is 0.489 e. The van der Waals surface area contributed by atoms with Crippen molar-refractivity contribution in [3.8, 4) is 5.75 Å². The van der Waals surface area contributed by atoms with Gasteiger partial charge in [0.25, 0.3) is 5.91 Å². The molecule has 1 amide bonds. The van der Waals surface area contributed by atoms with E-state index in [4.69, 9.17) is 4.74 Å². The molecule has 0 aliphatic carbocycles. The van der Waals surface area contributed by atoms with E-state index in [0.29, 0.717) is 29.3 Å². The maximum Gasteiger partial charge on any atom is 0.255 e. The number of hydrogen-bond donors (Lipinski definition) is 1. The minimum atomic E-state index is -3.50. The third-order valence-electron chi connectivity index (χ3n) is 5.04. The number of carbonyl (C=O) groups is 1. The zero-order chi connectivity index (χ0) is 24.0. The van der Waals surface area contributed by atoms with Gasteiger partial charge < -0.3 is 10.1 Å². The lowest BCUT2D eigenvalue weighted by Crippen LogP contribution is -2.30. The molecule has 6 nitrogen and oxygen atoms in total. The number of sulfonamides is 1. The normalized spacial score (nSPS) is 11.0. The molecule has 0 bridgehead atoms. The standard InChI is InChI=1S/C26H28N2O4S/c1-5-15-32-24-8-6-7-23(17-24)27-26(29)22-13-11-21(12-14-22)18-28(33(4,30)31)25-16-19(2)9-10-20(25)3/h5-14,16-17H,1,15,18H2,2-4H3,(H,27,29). The summed E-state index contributed by atoms with van der Waals surface area (Å²) in [5.41, 5.74) is 4.37. The van der Waals surface area contributed by atoms with Crippen LogP contribution in [0.2, 0.25) is 0 Å². The first-order valence-electron chi connectivity index (χ1n) is 10.5. The molecular formula is C26H28N2O4S. The maximum absolute atomic E-state index is 12.7. The molecule has 1 N–H and O–H groups in total. The average Bonchev–Trinajstić information content (AvgIpc) is 2.77. The second-order valence-electron chi connectivity index (χ2n) is 7.84. The van der Waals surface area contributed by atoms with Crippen LogP contribution in [0.4, 0.5) is 11.4 Å². The zero-order valence-electron chi connectivity index (χ0n) is 19.0. The number of rotatable bonds is 9. The summed E-state index contributed by atoms with van der Waals surface area (Å²) >= 11 is 0. The van der Waals surface area contributed by atoms with E-state index in [9.17, 15) is 13.2 Å². The quantitative estimate of drug-likeness (QED) is 0.448. The van der Waals surface area contributed by atoms with E-state index in [1.165, 1.54) is 10.6 Å². The van der Waals surface area contributed by atoms with E-state index in [0.717, 1.165) is 16.7 Å². The van der Waals surface area contributed by atoms with Crippen molar-refractivity contribution in [2.45, 2.75) is 20.4 Å². The highest BCUT2D eigenvalue weighted by atomic mass is 32.2. The average molecular weight is 465 g/mol. The fraction of sp³-hybridized carbons (Fsp3) is 0.192. The molecule has 0 aliphatic heterocycles. The van der Waals surface area contributed by atoms with Crippen LogP contribution in [0.3, 0.4) is 0 Å². The van der Waals surface area contributed by atoms with Crippen LogP contribution in [0.5, 0.6) is 5.75 Å². The van der Waals surface area contributed by atoms with Gasteiger partial charge in [-0.15, -0.1) is 0 Å². The molecule has 0 fully saturated rings. The number of aryl methyl sites for hydroxylation is 2. The zero-order valence-corrected chi connectivity index (χ0v) is 19.9. The number of ether oxygens (including phenoxy) is 1. The smallest absolute Gasteiger partial charge is 0.255 e. The molecule has 3 rings (SSSR count). The lowest BCUT2D eigenvalue weighted by Gasteiger charge is -2.25. The first kappa shape index (κ1) is 24.1. The fourth-order valence-electron chi connectivity index (χ4n) is 3.32. The number of hydrogen-bond acceptors (Lipinski definition) is 4. The second kappa shape index (κ2) is 10.4. The van der Waals surface area contributed by atoms with Crippen LogP contribution < -0.4 is 14.4 Å². The minimum absolute atomic E-state index is 0.174. The molecule has 0 radical (unpaired) electrons. The topological polar surface area (TPSA) is 75.7 Å². The summed E-state index contributed by atoms with van der Waals surface area (Å²) in [5, 5.41) is 2.85. The Labute approximate surface area is 195 Å². The van der Waals surface area contributed by atoms with Crippen molar-refractivity contribution in [2.75, 3.05) is 22.5 Å². The van der Waals surface area contributed by atoms with Crippen molar-refractivity contribution >= 4 is 27.3 Å². The second-order valence-corrected chi connectivity index (χ2v) is 9.74. The Morgan fingerprint density at radius 2 is 1.79 bits per heavy atom. The summed E-state index contributed by atoms with van der Waals surface area (Å²) in [6.45, 7) is 7.99. The van der Waals surface area contributed by atoms with Crippen LogP contribution >= 0.6 is 0 Å². The number of nitrogens with zero attached hydrogens (tertiary/aromatic N) is 1. The molecule has 0 unspecified atom stereocenters. The van der Waals surface area contributed by atoms with Gasteiger partial charge in [-0.25, -0.2) is 8.42 Å². The van der Waals surface area contributed by atoms with Gasteiger partial charge in [0, 0.05) is 17.3 Å². The van der Waals surface area contributed by atoms with Gasteiger partial charge in [0.2, 0.25) is 10.0 Å². The van der Waals surface area contributed by atoms with Crippen LogP contribution in [-0.4, -0.2) is 27.2 Å². The number of benzene rings is 3. The fourth-order valence-corrected chi connectivity index (χ4v) is 4.26. The van der Waals surface area contributed by atoms with Crippen LogP contribution in [0, 0.1) is 13.8 Å². The van der Waals surface area contributed by atoms with E-state index in [2.05, 4.69) is 11.9 Å². The first-order valence-corrected chi connectivity index (χ1v) is 12.3. The molecule has 0 aliphatic rings. The summed E-state index contributed by atoms with van der Waals surface area (Å²) in [6, 6.07) is 19.8. The van der Waals surface area contributed by atoms with Gasteiger partial charge >= 0.3 is 0 Å². The van der Waals surface area contributed by atoms with Crippen molar-refractivity contribution < 1.29 is 17.9 Å². The molecule has 3 aromatic carbocycles. The lowest BCUT2D eigenvalue weighted by atomic mass is 10.1. The van der Waals surface area contributed by atoms with Gasteiger partial charge in [0.15, 0.2) is 0 Å². The highest BCUT2D eigenvalue weighted by molar-refractivity contribution is 7.92. The molecule has 0 saturated heterocycles. The first-order chi connectivity index (χ1) is 15.7. The van der Waals surface area contributed by atoms with Gasteiger partial charge in [-0.05, 0) is 60.9 Å². The highest BCUT2D eigenvalue weighted by Crippen LogP contribution is 2.26. The van der Waals surface area contributed by atoms with Crippen molar-refractivity contribution in [2.24, 2.45) is 0 Å². The minimum Gasteiger partial charge on any atom is -0.489 e. The highest BCUT2D eigenvalue weighted by Gasteiger charge is 2.20. The van der Waals surface area contributed by atoms with Crippen molar-refractivity contribution in [3.63, 3.8) is 0 Å². The van der Waals surface area contributed by atoms with E-state index < -0.39 is 10.0 Å². The SMILES string of the molecule is C=CCOc1cccc(NC(=O)c2ccc(CN(c3cc(C)ccc3C)S(C)(=O)=O)cc2)c1. The molecule has 7 heteroatoms. The molecule has 0 atom stereocenters. The van der Waals surface area contributed by atoms with Crippen molar-refractivity contribution in [1.29, 1.82) is 0 Å². The third kappa shape index (κ3) is 6.46. The number of carbonyl (C=O) groups excluding carboxylic acids is 1. The third-order valence-corrected chi connectivity index (χ3v) is 6.16. The molecule has 0 heterocycles. The van der Waals surface area contributed by atoms with E-state index in [-0.39, 0.29) is 12.5 Å². The Balaban J connectivity index is 1.75. The predicted octanol–water partition coefficient (Wildman–Crippen LogP) is 5.09. The Hall–Kier alpha value is -3.58. The Morgan fingerprint density at radius 1 is 1.06 bits per heavy atom. The summed E-state index contributed by atoms with van der Waals surface area (Å²) in [5.74, 6) is 0.368. The van der Waals surface area contributed by atoms with Crippen LogP contribution in [0.25, 0.3) is 0 Å². The number of amides is 1. The predicted molar refractivity (Wildman–Crippen MR) is 133 cm³/mol. The van der Waals surface area contributed by atoms with E-state index in [1.807, 2.05) is 32.0 Å². The number of anilines is 2. The molecule has 0 aromatic heterocycles. The molecular weight excluding hydrogens is 436 g/mol. The summed E-state index contributed by atoms with van der Waals surface area (Å²) in [6.07, 6.45) is 2.85. The molecule has 0 saturated carbocycles. The van der Waals surface area contributed by atoms with Crippen molar-refractivity contribution in [1.82, 2.24) is 0 Å². The van der Waals surface area contributed by atoms with Gasteiger partial charge in [0.05, 0.1) is 18.5 Å².